The molecule has 2 aliphatic rings. The lowest BCUT2D eigenvalue weighted by molar-refractivity contribution is -0.910. The number of rotatable bonds is 5. The van der Waals surface area contributed by atoms with Gasteiger partial charge in [-0.2, -0.15) is 0 Å². The summed E-state index contributed by atoms with van der Waals surface area (Å²) in [5.41, 5.74) is 1.47. The van der Waals surface area contributed by atoms with Crippen molar-refractivity contribution in [3.05, 3.63) is 16.8 Å². The van der Waals surface area contributed by atoms with Crippen molar-refractivity contribution in [2.75, 3.05) is 38.6 Å². The molecule has 0 radical (unpaired) electrons. The van der Waals surface area contributed by atoms with Gasteiger partial charge in [0.25, 0.3) is 0 Å². The van der Waals surface area contributed by atoms with Gasteiger partial charge >= 0.3 is 0 Å². The average Bonchev–Trinajstić information content (AvgIpc) is 3.00. The highest BCUT2D eigenvalue weighted by Gasteiger charge is 2.22. The van der Waals surface area contributed by atoms with Crippen LogP contribution >= 0.6 is 23.1 Å². The zero-order valence-corrected chi connectivity index (χ0v) is 15.4. The molecule has 3 heterocycles. The smallest absolute Gasteiger partial charge is 0.128 e. The molecule has 130 valence electrons. The molecule has 0 aromatic carbocycles. The number of aromatic nitrogens is 2. The summed E-state index contributed by atoms with van der Waals surface area (Å²) in [7, 11) is 0. The van der Waals surface area contributed by atoms with Gasteiger partial charge in [-0.25, -0.2) is 9.97 Å². The first-order chi connectivity index (χ1) is 11.8. The van der Waals surface area contributed by atoms with Crippen molar-refractivity contribution in [1.82, 2.24) is 9.97 Å². The first-order valence-electron chi connectivity index (χ1n) is 8.78. The Kier molecular flexibility index (Phi) is 5.34. The van der Waals surface area contributed by atoms with Crippen LogP contribution in [0.15, 0.2) is 11.4 Å². The number of quaternary nitrogens is 1. The van der Waals surface area contributed by atoms with Crippen LogP contribution in [0, 0.1) is 0 Å². The highest BCUT2D eigenvalue weighted by Crippen LogP contribution is 2.39. The van der Waals surface area contributed by atoms with E-state index in [9.17, 15) is 5.11 Å². The van der Waals surface area contributed by atoms with E-state index in [1.54, 1.807) is 18.1 Å². The van der Waals surface area contributed by atoms with Crippen molar-refractivity contribution >= 4 is 33.3 Å². The molecular weight excluding hydrogens is 342 g/mol. The van der Waals surface area contributed by atoms with Crippen LogP contribution < -0.4 is 4.90 Å². The number of morpholine rings is 1. The van der Waals surface area contributed by atoms with E-state index in [1.165, 1.54) is 40.0 Å². The SMILES string of the molecule is O[C@H](CSc1ncnc2sc3c(c12)CCCC3)C[NH+]1CCOCC1. The summed E-state index contributed by atoms with van der Waals surface area (Å²) in [6.07, 6.45) is 6.26. The number of nitrogens with zero attached hydrogens (tertiary/aromatic N) is 2. The summed E-state index contributed by atoms with van der Waals surface area (Å²) in [4.78, 5) is 13.1. The number of fused-ring (bicyclic) bond motifs is 3. The van der Waals surface area contributed by atoms with Crippen molar-refractivity contribution < 1.29 is 14.7 Å². The molecule has 1 atom stereocenters. The third kappa shape index (κ3) is 3.60. The van der Waals surface area contributed by atoms with Gasteiger partial charge in [0.05, 0.1) is 13.2 Å². The Morgan fingerprint density at radius 3 is 2.96 bits per heavy atom. The molecule has 0 unspecified atom stereocenters. The van der Waals surface area contributed by atoms with Gasteiger partial charge in [-0.3, -0.25) is 0 Å². The van der Waals surface area contributed by atoms with Crippen LogP contribution in [-0.4, -0.2) is 59.8 Å². The maximum atomic E-state index is 10.4. The maximum absolute atomic E-state index is 10.4. The minimum atomic E-state index is -0.303. The Morgan fingerprint density at radius 1 is 1.25 bits per heavy atom. The van der Waals surface area contributed by atoms with Crippen molar-refractivity contribution in [2.24, 2.45) is 0 Å². The topological polar surface area (TPSA) is 59.7 Å². The van der Waals surface area contributed by atoms with Gasteiger partial charge in [0.15, 0.2) is 0 Å². The molecule has 1 saturated heterocycles. The van der Waals surface area contributed by atoms with E-state index in [2.05, 4.69) is 9.97 Å². The minimum Gasteiger partial charge on any atom is -0.386 e. The predicted molar refractivity (Wildman–Crippen MR) is 97.2 cm³/mol. The molecule has 1 aliphatic carbocycles. The number of aliphatic hydroxyl groups excluding tert-OH is 1. The molecule has 0 spiro atoms. The molecule has 1 fully saturated rings. The number of hydrogen-bond donors (Lipinski definition) is 2. The number of nitrogens with one attached hydrogen (secondary N) is 1. The summed E-state index contributed by atoms with van der Waals surface area (Å²) < 4.78 is 5.38. The molecule has 4 rings (SSSR count). The molecule has 2 N–H and O–H groups in total. The molecular formula is C17H24N3O2S2+. The summed E-state index contributed by atoms with van der Waals surface area (Å²) in [5.74, 6) is 0.696. The lowest BCUT2D eigenvalue weighted by atomic mass is 9.97. The molecule has 1 aliphatic heterocycles. The summed E-state index contributed by atoms with van der Waals surface area (Å²) in [5, 5.41) is 12.7. The average molecular weight is 367 g/mol. The number of thioether (sulfide) groups is 1. The van der Waals surface area contributed by atoms with Gasteiger partial charge < -0.3 is 14.7 Å². The standard InChI is InChI=1S/C17H23N3O2S2/c21-12(9-20-5-7-22-8-6-20)10-23-16-15-13-3-1-2-4-14(13)24-17(15)19-11-18-16/h11-12,21H,1-10H2/p+1/t12-/m0/s1. The summed E-state index contributed by atoms with van der Waals surface area (Å²) in [6, 6.07) is 0. The van der Waals surface area contributed by atoms with Crippen LogP contribution in [0.3, 0.4) is 0 Å². The molecule has 7 heteroatoms. The van der Waals surface area contributed by atoms with Crippen molar-refractivity contribution in [1.29, 1.82) is 0 Å². The van der Waals surface area contributed by atoms with Crippen LogP contribution in [0.1, 0.15) is 23.3 Å². The van der Waals surface area contributed by atoms with Crippen LogP contribution in [0.5, 0.6) is 0 Å². The highest BCUT2D eigenvalue weighted by atomic mass is 32.2. The van der Waals surface area contributed by atoms with Gasteiger partial charge in [-0.15, -0.1) is 23.1 Å². The van der Waals surface area contributed by atoms with Crippen LogP contribution in [0.4, 0.5) is 0 Å². The Balaban J connectivity index is 1.45. The number of hydrogen-bond acceptors (Lipinski definition) is 6. The van der Waals surface area contributed by atoms with Gasteiger partial charge in [0.1, 0.15) is 41.9 Å². The molecule has 0 bridgehead atoms. The quantitative estimate of drug-likeness (QED) is 0.609. The van der Waals surface area contributed by atoms with E-state index >= 15 is 0 Å². The normalized spacial score (nSPS) is 20.2. The summed E-state index contributed by atoms with van der Waals surface area (Å²) >= 11 is 3.52. The van der Waals surface area contributed by atoms with E-state index < -0.39 is 0 Å². The third-order valence-corrected chi connectivity index (χ3v) is 7.19. The molecule has 0 amide bonds. The Labute approximate surface area is 150 Å². The second-order valence-electron chi connectivity index (χ2n) is 6.60. The van der Waals surface area contributed by atoms with Gasteiger partial charge in [0, 0.05) is 16.0 Å². The number of aliphatic hydroxyl groups is 1. The number of ether oxygens (including phenoxy) is 1. The number of aryl methyl sites for hydroxylation is 2. The van der Waals surface area contributed by atoms with Crippen LogP contribution in [0.2, 0.25) is 0 Å². The first kappa shape index (κ1) is 16.7. The molecule has 24 heavy (non-hydrogen) atoms. The highest BCUT2D eigenvalue weighted by molar-refractivity contribution is 7.99. The monoisotopic (exact) mass is 366 g/mol. The van der Waals surface area contributed by atoms with Crippen molar-refractivity contribution in [3.8, 4) is 0 Å². The lowest BCUT2D eigenvalue weighted by Gasteiger charge is -2.25. The second-order valence-corrected chi connectivity index (χ2v) is 8.69. The minimum absolute atomic E-state index is 0.303. The molecule has 2 aromatic rings. The van der Waals surface area contributed by atoms with E-state index in [1.807, 2.05) is 11.3 Å². The van der Waals surface area contributed by atoms with Crippen molar-refractivity contribution in [2.45, 2.75) is 36.8 Å². The van der Waals surface area contributed by atoms with Crippen LogP contribution in [0.25, 0.3) is 10.2 Å². The van der Waals surface area contributed by atoms with Gasteiger partial charge in [-0.1, -0.05) is 0 Å². The number of thiophene rings is 1. The first-order valence-corrected chi connectivity index (χ1v) is 10.6. The van der Waals surface area contributed by atoms with E-state index in [0.29, 0.717) is 5.75 Å². The zero-order chi connectivity index (χ0) is 16.4. The van der Waals surface area contributed by atoms with E-state index in [4.69, 9.17) is 4.74 Å². The predicted octanol–water partition coefficient (Wildman–Crippen LogP) is 0.938. The largest absolute Gasteiger partial charge is 0.386 e. The lowest BCUT2D eigenvalue weighted by Crippen LogP contribution is -3.15. The fourth-order valence-electron chi connectivity index (χ4n) is 3.60. The van der Waals surface area contributed by atoms with Gasteiger partial charge in [0.2, 0.25) is 0 Å². The molecule has 2 aromatic heterocycles. The maximum Gasteiger partial charge on any atom is 0.128 e. The molecule has 5 nitrogen and oxygen atoms in total. The zero-order valence-electron chi connectivity index (χ0n) is 13.8. The van der Waals surface area contributed by atoms with E-state index in [-0.39, 0.29) is 6.10 Å². The molecule has 0 saturated carbocycles. The Morgan fingerprint density at radius 2 is 2.08 bits per heavy atom. The summed E-state index contributed by atoms with van der Waals surface area (Å²) in [6.45, 7) is 4.41. The van der Waals surface area contributed by atoms with Crippen molar-refractivity contribution in [3.63, 3.8) is 0 Å². The van der Waals surface area contributed by atoms with E-state index in [0.717, 1.165) is 49.1 Å². The second kappa shape index (κ2) is 7.66. The fraction of sp³-hybridized carbons (Fsp3) is 0.647. The Hall–Kier alpha value is -0.730. The third-order valence-electron chi connectivity index (χ3n) is 4.85. The van der Waals surface area contributed by atoms with Crippen LogP contribution in [-0.2, 0) is 17.6 Å². The van der Waals surface area contributed by atoms with Gasteiger partial charge in [-0.05, 0) is 31.2 Å². The Bertz CT molecular complexity index is 700. The fourth-order valence-corrected chi connectivity index (χ4v) is 5.85.